The molecule has 2 amide bonds. The number of rotatable bonds is 0. The Balaban J connectivity index is 1.93. The molecule has 104 valence electrons. The largest absolute Gasteiger partial charge is 0.339 e. The molecular weight excluding hydrogens is 280 g/mol. The highest BCUT2D eigenvalue weighted by molar-refractivity contribution is 6.35. The Morgan fingerprint density at radius 1 is 1.30 bits per heavy atom. The lowest BCUT2D eigenvalue weighted by molar-refractivity contribution is -0.134. The van der Waals surface area contributed by atoms with Gasteiger partial charge in [-0.2, -0.15) is 0 Å². The number of hydrazine groups is 1. The molecule has 1 aromatic rings. The van der Waals surface area contributed by atoms with Gasteiger partial charge in [0.25, 0.3) is 0 Å². The molecule has 3 heterocycles. The minimum atomic E-state index is -0.844. The maximum absolute atomic E-state index is 12.6. The van der Waals surface area contributed by atoms with Crippen molar-refractivity contribution in [1.29, 1.82) is 0 Å². The highest BCUT2D eigenvalue weighted by Gasteiger charge is 2.59. The van der Waals surface area contributed by atoms with Gasteiger partial charge in [-0.3, -0.25) is 15.0 Å². The third kappa shape index (κ3) is 1.36. The number of amides is 2. The first kappa shape index (κ1) is 12.1. The summed E-state index contributed by atoms with van der Waals surface area (Å²) in [5.74, 6) is -0.318. The zero-order valence-electron chi connectivity index (χ0n) is 10.5. The van der Waals surface area contributed by atoms with Crippen molar-refractivity contribution in [2.24, 2.45) is 5.92 Å². The van der Waals surface area contributed by atoms with Crippen molar-refractivity contribution in [2.45, 2.75) is 18.0 Å². The summed E-state index contributed by atoms with van der Waals surface area (Å²) in [6.07, 6.45) is -0.0941. The second-order valence-corrected chi connectivity index (χ2v) is 5.85. The Hall–Kier alpha value is -1.63. The number of fused-ring (bicyclic) bond motifs is 4. The van der Waals surface area contributed by atoms with E-state index in [4.69, 9.17) is 11.6 Å². The van der Waals surface area contributed by atoms with E-state index in [1.54, 1.807) is 6.07 Å². The molecule has 3 atom stereocenters. The molecule has 7 heteroatoms. The van der Waals surface area contributed by atoms with Crippen LogP contribution >= 0.6 is 11.6 Å². The first-order chi connectivity index (χ1) is 9.63. The summed E-state index contributed by atoms with van der Waals surface area (Å²) in [5.41, 5.74) is 6.65. The molecule has 0 radical (unpaired) electrons. The van der Waals surface area contributed by atoms with Gasteiger partial charge >= 0.3 is 0 Å². The number of benzene rings is 1. The number of nitrogens with one attached hydrogen (secondary N) is 4. The molecule has 20 heavy (non-hydrogen) atoms. The van der Waals surface area contributed by atoms with E-state index in [0.717, 1.165) is 5.56 Å². The molecule has 2 fully saturated rings. The maximum Gasteiger partial charge on any atom is 0.236 e. The van der Waals surface area contributed by atoms with Crippen LogP contribution < -0.4 is 21.5 Å². The van der Waals surface area contributed by atoms with Crippen LogP contribution in [0, 0.1) is 5.92 Å². The van der Waals surface area contributed by atoms with Gasteiger partial charge in [-0.25, -0.2) is 5.43 Å². The van der Waals surface area contributed by atoms with Crippen LogP contribution in [0.4, 0.5) is 5.69 Å². The zero-order chi connectivity index (χ0) is 13.9. The molecule has 1 spiro atoms. The molecule has 1 aromatic carbocycles. The van der Waals surface area contributed by atoms with Crippen LogP contribution in [0.5, 0.6) is 0 Å². The molecule has 4 N–H and O–H groups in total. The van der Waals surface area contributed by atoms with Gasteiger partial charge in [0.1, 0.15) is 0 Å². The lowest BCUT2D eigenvalue weighted by Crippen LogP contribution is -2.61. The predicted molar refractivity (Wildman–Crippen MR) is 72.9 cm³/mol. The first-order valence-electron chi connectivity index (χ1n) is 6.51. The van der Waals surface area contributed by atoms with E-state index in [-0.39, 0.29) is 30.3 Å². The molecule has 2 saturated heterocycles. The Labute approximate surface area is 120 Å². The molecule has 4 rings (SSSR count). The summed E-state index contributed by atoms with van der Waals surface area (Å²) in [4.78, 5) is 24.7. The van der Waals surface area contributed by atoms with Crippen LogP contribution in [-0.2, 0) is 15.0 Å². The van der Waals surface area contributed by atoms with Crippen molar-refractivity contribution < 1.29 is 9.59 Å². The van der Waals surface area contributed by atoms with E-state index in [0.29, 0.717) is 17.3 Å². The Morgan fingerprint density at radius 3 is 3.00 bits per heavy atom. The number of anilines is 1. The van der Waals surface area contributed by atoms with Crippen LogP contribution in [0.2, 0.25) is 5.02 Å². The Morgan fingerprint density at radius 2 is 2.15 bits per heavy atom. The molecule has 3 aliphatic heterocycles. The summed E-state index contributed by atoms with van der Waals surface area (Å²) in [6, 6.07) is 5.44. The average molecular weight is 293 g/mol. The molecule has 6 nitrogen and oxygen atoms in total. The van der Waals surface area contributed by atoms with Gasteiger partial charge in [-0.15, -0.1) is 0 Å². The van der Waals surface area contributed by atoms with E-state index in [2.05, 4.69) is 21.5 Å². The van der Waals surface area contributed by atoms with E-state index in [1.807, 2.05) is 12.1 Å². The van der Waals surface area contributed by atoms with Gasteiger partial charge in [0.2, 0.25) is 11.8 Å². The number of halogens is 1. The van der Waals surface area contributed by atoms with Crippen molar-refractivity contribution in [2.75, 3.05) is 11.9 Å². The van der Waals surface area contributed by atoms with Gasteiger partial charge in [-0.05, 0) is 11.6 Å². The number of para-hydroxylation sites is 1. The standard InChI is InChI=1S/C13H13ClN4O2/c14-8-3-1-2-6-10(8)17-12(20)13(6)4-9(19)16-11-7(13)5-15-18-11/h1-3,7,11,15,18H,4-5H2,(H,16,19)(H,17,20). The number of hydrogen-bond acceptors (Lipinski definition) is 4. The van der Waals surface area contributed by atoms with Crippen molar-refractivity contribution in [3.05, 3.63) is 28.8 Å². The second kappa shape index (κ2) is 3.94. The van der Waals surface area contributed by atoms with Gasteiger partial charge < -0.3 is 10.6 Å². The van der Waals surface area contributed by atoms with Gasteiger partial charge in [0, 0.05) is 18.9 Å². The minimum Gasteiger partial charge on any atom is -0.339 e. The number of carbonyl (C=O) groups is 2. The van der Waals surface area contributed by atoms with Crippen LogP contribution in [0.1, 0.15) is 12.0 Å². The summed E-state index contributed by atoms with van der Waals surface area (Å²) in [5, 5.41) is 6.23. The fraction of sp³-hybridized carbons (Fsp3) is 0.385. The lowest BCUT2D eigenvalue weighted by Gasteiger charge is -2.40. The molecule has 0 saturated carbocycles. The van der Waals surface area contributed by atoms with Crippen LogP contribution in [0.15, 0.2) is 18.2 Å². The summed E-state index contributed by atoms with van der Waals surface area (Å²) < 4.78 is 0. The van der Waals surface area contributed by atoms with E-state index < -0.39 is 5.41 Å². The number of hydrogen-bond donors (Lipinski definition) is 4. The van der Waals surface area contributed by atoms with E-state index in [1.165, 1.54) is 0 Å². The van der Waals surface area contributed by atoms with Crippen molar-refractivity contribution in [3.8, 4) is 0 Å². The van der Waals surface area contributed by atoms with Crippen LogP contribution in [0.25, 0.3) is 0 Å². The van der Waals surface area contributed by atoms with Gasteiger partial charge in [0.15, 0.2) is 0 Å². The Kier molecular flexibility index (Phi) is 2.39. The SMILES string of the molecule is O=C1CC2(C(=O)Nc3c(Cl)cccc32)C2CNNC2N1. The highest BCUT2D eigenvalue weighted by Crippen LogP contribution is 2.50. The molecule has 0 bridgehead atoms. The molecule has 3 unspecified atom stereocenters. The third-order valence-corrected chi connectivity index (χ3v) is 4.82. The molecule has 0 aliphatic carbocycles. The van der Waals surface area contributed by atoms with Gasteiger partial charge in [0.05, 0.1) is 22.3 Å². The Bertz CT molecular complexity index is 635. The smallest absolute Gasteiger partial charge is 0.236 e. The first-order valence-corrected chi connectivity index (χ1v) is 6.89. The second-order valence-electron chi connectivity index (χ2n) is 5.44. The quantitative estimate of drug-likeness (QED) is 0.547. The van der Waals surface area contributed by atoms with Gasteiger partial charge in [-0.1, -0.05) is 23.7 Å². The van der Waals surface area contributed by atoms with E-state index in [9.17, 15) is 9.59 Å². The fourth-order valence-electron chi connectivity index (χ4n) is 3.62. The summed E-state index contributed by atoms with van der Waals surface area (Å²) >= 11 is 6.17. The molecular formula is C13H13ClN4O2. The predicted octanol–water partition coefficient (Wildman–Crippen LogP) is 0.0999. The number of carbonyl (C=O) groups excluding carboxylic acids is 2. The van der Waals surface area contributed by atoms with Crippen molar-refractivity contribution >= 4 is 29.1 Å². The molecule has 0 aromatic heterocycles. The van der Waals surface area contributed by atoms with Crippen LogP contribution in [-0.4, -0.2) is 24.5 Å². The highest BCUT2D eigenvalue weighted by atomic mass is 35.5. The van der Waals surface area contributed by atoms with Crippen molar-refractivity contribution in [1.82, 2.24) is 16.2 Å². The monoisotopic (exact) mass is 292 g/mol. The fourth-order valence-corrected chi connectivity index (χ4v) is 3.84. The molecule has 3 aliphatic rings. The zero-order valence-corrected chi connectivity index (χ0v) is 11.3. The van der Waals surface area contributed by atoms with E-state index >= 15 is 0 Å². The average Bonchev–Trinajstić information content (AvgIpc) is 2.97. The topological polar surface area (TPSA) is 82.3 Å². The van der Waals surface area contributed by atoms with Crippen LogP contribution in [0.3, 0.4) is 0 Å². The van der Waals surface area contributed by atoms with Crippen molar-refractivity contribution in [3.63, 3.8) is 0 Å². The number of piperidine rings is 1. The third-order valence-electron chi connectivity index (χ3n) is 4.51. The normalized spacial score (nSPS) is 34.6. The summed E-state index contributed by atoms with van der Waals surface area (Å²) in [7, 11) is 0. The summed E-state index contributed by atoms with van der Waals surface area (Å²) in [6.45, 7) is 0.615. The minimum absolute atomic E-state index is 0.0417. The lowest BCUT2D eigenvalue weighted by atomic mass is 9.66. The maximum atomic E-state index is 12.6.